The number of rotatable bonds is 6. The number of carboxylic acid groups (broad SMARTS) is 1. The Morgan fingerprint density at radius 3 is 2.78 bits per heavy atom. The van der Waals surface area contributed by atoms with E-state index in [1.165, 1.54) is 7.05 Å². The zero-order valence-electron chi connectivity index (χ0n) is 10.9. The summed E-state index contributed by atoms with van der Waals surface area (Å²) in [7, 11) is 1.51. The number of ether oxygens (including phenoxy) is 1. The highest BCUT2D eigenvalue weighted by Gasteiger charge is 2.15. The Kier molecular flexibility index (Phi) is 5.85. The molecule has 1 atom stereocenters. The van der Waals surface area contributed by atoms with Crippen LogP contribution in [0.1, 0.15) is 13.8 Å². The van der Waals surface area contributed by atoms with E-state index in [4.69, 9.17) is 9.84 Å². The minimum Gasteiger partial charge on any atom is -0.488 e. The van der Waals surface area contributed by atoms with Gasteiger partial charge >= 0.3 is 6.09 Å². The minimum absolute atomic E-state index is 0.0540. The zero-order chi connectivity index (χ0) is 13.5. The van der Waals surface area contributed by atoms with Crippen LogP contribution in [-0.4, -0.2) is 35.9 Å². The molecule has 1 rings (SSSR count). The van der Waals surface area contributed by atoms with Crippen LogP contribution < -0.4 is 9.64 Å². The number of nitrogens with zero attached hydrogens (tertiary/aromatic N) is 1. The topological polar surface area (TPSA) is 49.8 Å². The van der Waals surface area contributed by atoms with E-state index in [-0.39, 0.29) is 6.10 Å². The van der Waals surface area contributed by atoms with Crippen LogP contribution in [0.5, 0.6) is 5.75 Å². The number of hydrogen-bond acceptors (Lipinski definition) is 3. The van der Waals surface area contributed by atoms with E-state index in [1.807, 2.05) is 13.0 Å². The molecule has 1 N–H and O–H groups in total. The highest BCUT2D eigenvalue weighted by Crippen LogP contribution is 2.28. The van der Waals surface area contributed by atoms with Crippen LogP contribution in [0.25, 0.3) is 0 Å². The average Bonchev–Trinajstić information content (AvgIpc) is 2.36. The monoisotopic (exact) mass is 269 g/mol. The molecule has 1 aromatic carbocycles. The fraction of sp³-hybridized carbons (Fsp3) is 0.462. The van der Waals surface area contributed by atoms with Crippen LogP contribution >= 0.6 is 11.8 Å². The van der Waals surface area contributed by atoms with Gasteiger partial charge in [-0.3, -0.25) is 4.90 Å². The molecule has 0 aliphatic heterocycles. The number of para-hydroxylation sites is 2. The number of amides is 1. The quantitative estimate of drug-likeness (QED) is 0.860. The molecule has 0 aromatic heterocycles. The standard InChI is InChI=1S/C13H19NO3S/c1-4-18-9-10(2)17-12-8-6-5-7-11(12)14(3)13(15)16/h5-8,10H,4,9H2,1-3H3,(H,15,16). The van der Waals surface area contributed by atoms with Gasteiger partial charge in [0.25, 0.3) is 0 Å². The fourth-order valence-electron chi connectivity index (χ4n) is 1.47. The number of hydrogen-bond donors (Lipinski definition) is 1. The Balaban J connectivity index is 2.79. The van der Waals surface area contributed by atoms with Crippen molar-refractivity contribution in [3.8, 4) is 5.75 Å². The first-order valence-electron chi connectivity index (χ1n) is 5.86. The Bertz CT molecular complexity index is 398. The van der Waals surface area contributed by atoms with E-state index in [0.29, 0.717) is 11.4 Å². The van der Waals surface area contributed by atoms with Gasteiger partial charge in [-0.1, -0.05) is 19.1 Å². The molecule has 0 saturated carbocycles. The summed E-state index contributed by atoms with van der Waals surface area (Å²) in [5.41, 5.74) is 0.568. The molecule has 4 nitrogen and oxygen atoms in total. The third-order valence-electron chi connectivity index (χ3n) is 2.40. The van der Waals surface area contributed by atoms with Crippen molar-refractivity contribution in [3.05, 3.63) is 24.3 Å². The minimum atomic E-state index is -0.998. The van der Waals surface area contributed by atoms with Gasteiger partial charge in [0, 0.05) is 12.8 Å². The lowest BCUT2D eigenvalue weighted by molar-refractivity contribution is 0.202. The molecule has 0 radical (unpaired) electrons. The first-order chi connectivity index (χ1) is 8.56. The van der Waals surface area contributed by atoms with Gasteiger partial charge in [0.05, 0.1) is 5.69 Å². The lowest BCUT2D eigenvalue weighted by atomic mass is 10.2. The Hall–Kier alpha value is -1.36. The molecule has 100 valence electrons. The van der Waals surface area contributed by atoms with E-state index >= 15 is 0 Å². The second-order valence-electron chi connectivity index (χ2n) is 3.90. The summed E-state index contributed by atoms with van der Waals surface area (Å²) >= 11 is 1.80. The summed E-state index contributed by atoms with van der Waals surface area (Å²) in [4.78, 5) is 12.1. The molecule has 0 heterocycles. The van der Waals surface area contributed by atoms with Crippen LogP contribution in [0.4, 0.5) is 10.5 Å². The average molecular weight is 269 g/mol. The molecule has 5 heteroatoms. The molecular formula is C13H19NO3S. The van der Waals surface area contributed by atoms with Crippen molar-refractivity contribution in [2.45, 2.75) is 20.0 Å². The Morgan fingerprint density at radius 1 is 1.50 bits per heavy atom. The van der Waals surface area contributed by atoms with Crippen LogP contribution in [0.3, 0.4) is 0 Å². The van der Waals surface area contributed by atoms with Gasteiger partial charge in [-0.25, -0.2) is 4.79 Å². The summed E-state index contributed by atoms with van der Waals surface area (Å²) in [6, 6.07) is 7.17. The van der Waals surface area contributed by atoms with Crippen molar-refractivity contribution in [2.75, 3.05) is 23.5 Å². The van der Waals surface area contributed by atoms with Crippen LogP contribution in [0, 0.1) is 0 Å². The SMILES string of the molecule is CCSCC(C)Oc1ccccc1N(C)C(=O)O. The van der Waals surface area contributed by atoms with Crippen LogP contribution in [0.2, 0.25) is 0 Å². The predicted octanol–water partition coefficient (Wildman–Crippen LogP) is 3.32. The second kappa shape index (κ2) is 7.16. The first kappa shape index (κ1) is 14.7. The largest absolute Gasteiger partial charge is 0.488 e. The number of anilines is 1. The highest BCUT2D eigenvalue weighted by atomic mass is 32.2. The normalized spacial score (nSPS) is 11.9. The number of thioether (sulfide) groups is 1. The van der Waals surface area contributed by atoms with E-state index in [2.05, 4.69) is 6.92 Å². The summed E-state index contributed by atoms with van der Waals surface area (Å²) < 4.78 is 5.79. The third kappa shape index (κ3) is 4.14. The van der Waals surface area contributed by atoms with E-state index in [0.717, 1.165) is 16.4 Å². The van der Waals surface area contributed by atoms with Crippen molar-refractivity contribution in [1.82, 2.24) is 0 Å². The van der Waals surface area contributed by atoms with E-state index in [9.17, 15) is 4.79 Å². The maximum atomic E-state index is 11.0. The molecule has 0 aliphatic carbocycles. The molecule has 0 saturated heterocycles. The van der Waals surface area contributed by atoms with Gasteiger partial charge in [-0.15, -0.1) is 0 Å². The summed E-state index contributed by atoms with van der Waals surface area (Å²) in [5.74, 6) is 2.54. The first-order valence-corrected chi connectivity index (χ1v) is 7.01. The van der Waals surface area contributed by atoms with Crippen LogP contribution in [0.15, 0.2) is 24.3 Å². The summed E-state index contributed by atoms with van der Waals surface area (Å²) in [6.45, 7) is 4.09. The molecule has 1 aromatic rings. The van der Waals surface area contributed by atoms with Gasteiger partial charge < -0.3 is 9.84 Å². The van der Waals surface area contributed by atoms with E-state index < -0.39 is 6.09 Å². The number of benzene rings is 1. The molecule has 0 spiro atoms. The molecule has 1 unspecified atom stereocenters. The van der Waals surface area contributed by atoms with Gasteiger partial charge in [0.15, 0.2) is 0 Å². The van der Waals surface area contributed by atoms with Crippen LogP contribution in [-0.2, 0) is 0 Å². The highest BCUT2D eigenvalue weighted by molar-refractivity contribution is 7.99. The lowest BCUT2D eigenvalue weighted by Gasteiger charge is -2.20. The molecule has 0 aliphatic rings. The maximum absolute atomic E-state index is 11.0. The van der Waals surface area contributed by atoms with Crippen molar-refractivity contribution in [1.29, 1.82) is 0 Å². The fourth-order valence-corrected chi connectivity index (χ4v) is 2.11. The van der Waals surface area contributed by atoms with Crippen molar-refractivity contribution in [3.63, 3.8) is 0 Å². The van der Waals surface area contributed by atoms with Crippen molar-refractivity contribution >= 4 is 23.5 Å². The van der Waals surface area contributed by atoms with Gasteiger partial charge in [-0.2, -0.15) is 11.8 Å². The zero-order valence-corrected chi connectivity index (χ0v) is 11.7. The van der Waals surface area contributed by atoms with Gasteiger partial charge in [-0.05, 0) is 24.8 Å². The Labute approximate surface area is 112 Å². The predicted molar refractivity (Wildman–Crippen MR) is 76.0 cm³/mol. The van der Waals surface area contributed by atoms with Gasteiger partial charge in [0.2, 0.25) is 0 Å². The molecule has 0 fully saturated rings. The molecular weight excluding hydrogens is 250 g/mol. The third-order valence-corrected chi connectivity index (χ3v) is 3.51. The number of carbonyl (C=O) groups is 1. The molecule has 0 bridgehead atoms. The summed E-state index contributed by atoms with van der Waals surface area (Å²) in [5, 5.41) is 9.00. The Morgan fingerprint density at radius 2 is 2.17 bits per heavy atom. The summed E-state index contributed by atoms with van der Waals surface area (Å²) in [6.07, 6.45) is -0.945. The smallest absolute Gasteiger partial charge is 0.411 e. The van der Waals surface area contributed by atoms with Crippen molar-refractivity contribution in [2.24, 2.45) is 0 Å². The lowest BCUT2D eigenvalue weighted by Crippen LogP contribution is -2.25. The molecule has 18 heavy (non-hydrogen) atoms. The molecule has 1 amide bonds. The van der Waals surface area contributed by atoms with Crippen molar-refractivity contribution < 1.29 is 14.6 Å². The van der Waals surface area contributed by atoms with Gasteiger partial charge in [0.1, 0.15) is 11.9 Å². The second-order valence-corrected chi connectivity index (χ2v) is 5.22. The van der Waals surface area contributed by atoms with E-state index in [1.54, 1.807) is 30.0 Å². The maximum Gasteiger partial charge on any atom is 0.411 e.